The van der Waals surface area contributed by atoms with Crippen LogP contribution in [0.2, 0.25) is 0 Å². The van der Waals surface area contributed by atoms with Gasteiger partial charge in [-0.2, -0.15) is 4.98 Å². The molecule has 6 heteroatoms. The molecule has 1 amide bonds. The Hall–Kier alpha value is -3.67. The number of benzene rings is 2. The number of aryl methyl sites for hydroxylation is 1. The maximum Gasteiger partial charge on any atom is 0.243 e. The van der Waals surface area contributed by atoms with E-state index in [1.54, 1.807) is 12.3 Å². The van der Waals surface area contributed by atoms with Gasteiger partial charge in [-0.25, -0.2) is 4.98 Å². The second-order valence-electron chi connectivity index (χ2n) is 6.26. The van der Waals surface area contributed by atoms with Crippen molar-refractivity contribution in [1.29, 1.82) is 0 Å². The zero-order valence-electron chi connectivity index (χ0n) is 15.9. The molecule has 0 aliphatic heterocycles. The van der Waals surface area contributed by atoms with Crippen molar-refractivity contribution in [2.75, 3.05) is 10.6 Å². The number of carbonyl (C=O) groups is 1. The number of allylic oxidation sites excluding steroid dienone is 1. The molecule has 0 aliphatic rings. The third-order valence-electron chi connectivity index (χ3n) is 3.98. The lowest BCUT2D eigenvalue weighted by Crippen LogP contribution is -2.20. The number of hydrogen-bond donors (Lipinski definition) is 3. The Morgan fingerprint density at radius 3 is 2.61 bits per heavy atom. The Labute approximate surface area is 164 Å². The molecule has 0 saturated carbocycles. The van der Waals surface area contributed by atoms with Crippen molar-refractivity contribution in [2.24, 2.45) is 0 Å². The van der Waals surface area contributed by atoms with Gasteiger partial charge in [0, 0.05) is 29.7 Å². The molecule has 0 bridgehead atoms. The normalized spacial score (nSPS) is 10.6. The quantitative estimate of drug-likeness (QED) is 0.533. The maximum atomic E-state index is 11.6. The first-order valence-corrected chi connectivity index (χ1v) is 9.06. The maximum absolute atomic E-state index is 11.6. The largest absolute Gasteiger partial charge is 0.348 e. The van der Waals surface area contributed by atoms with E-state index in [0.717, 1.165) is 28.3 Å². The van der Waals surface area contributed by atoms with Gasteiger partial charge in [-0.15, -0.1) is 0 Å². The monoisotopic (exact) mass is 373 g/mol. The summed E-state index contributed by atoms with van der Waals surface area (Å²) in [5.74, 6) is 1.14. The van der Waals surface area contributed by atoms with Crippen molar-refractivity contribution in [1.82, 2.24) is 15.3 Å². The fraction of sp³-hybridized carbons (Fsp3) is 0.136. The average molecular weight is 373 g/mol. The summed E-state index contributed by atoms with van der Waals surface area (Å²) in [6.45, 7) is 4.23. The van der Waals surface area contributed by atoms with Crippen LogP contribution in [0.25, 0.3) is 0 Å². The zero-order valence-corrected chi connectivity index (χ0v) is 15.9. The molecule has 6 nitrogen and oxygen atoms in total. The van der Waals surface area contributed by atoms with Crippen LogP contribution >= 0.6 is 0 Å². The number of nitrogens with one attached hydrogen (secondary N) is 3. The Balaban J connectivity index is 1.71. The number of anilines is 4. The van der Waals surface area contributed by atoms with E-state index in [1.807, 2.05) is 68.4 Å². The molecule has 0 spiro atoms. The SMILES string of the molecule is C/C=C/C(=O)NCc1cccc(Nc2nc(Nc3ccccc3)ncc2C)c1. The highest BCUT2D eigenvalue weighted by atomic mass is 16.1. The van der Waals surface area contributed by atoms with Crippen molar-refractivity contribution in [3.63, 3.8) is 0 Å². The zero-order chi connectivity index (χ0) is 19.8. The molecule has 0 fully saturated rings. The third-order valence-corrected chi connectivity index (χ3v) is 3.98. The van der Waals surface area contributed by atoms with Gasteiger partial charge in [-0.05, 0) is 49.8 Å². The molecule has 0 aliphatic carbocycles. The van der Waals surface area contributed by atoms with Crippen molar-refractivity contribution in [3.05, 3.63) is 84.1 Å². The first kappa shape index (κ1) is 19.1. The second-order valence-corrected chi connectivity index (χ2v) is 6.26. The highest BCUT2D eigenvalue weighted by molar-refractivity contribution is 5.87. The lowest BCUT2D eigenvalue weighted by Gasteiger charge is -2.12. The minimum Gasteiger partial charge on any atom is -0.348 e. The lowest BCUT2D eigenvalue weighted by atomic mass is 10.2. The van der Waals surface area contributed by atoms with Crippen LogP contribution in [0, 0.1) is 6.92 Å². The summed E-state index contributed by atoms with van der Waals surface area (Å²) in [5.41, 5.74) is 3.75. The molecule has 2 aromatic carbocycles. The summed E-state index contributed by atoms with van der Waals surface area (Å²) < 4.78 is 0. The fourth-order valence-electron chi connectivity index (χ4n) is 2.57. The van der Waals surface area contributed by atoms with Crippen LogP contribution in [0.15, 0.2) is 72.9 Å². The first-order chi connectivity index (χ1) is 13.6. The predicted molar refractivity (Wildman–Crippen MR) is 113 cm³/mol. The number of carbonyl (C=O) groups excluding carboxylic acids is 1. The minimum absolute atomic E-state index is 0.107. The first-order valence-electron chi connectivity index (χ1n) is 9.06. The van der Waals surface area contributed by atoms with Crippen LogP contribution in [-0.4, -0.2) is 15.9 Å². The number of hydrogen-bond acceptors (Lipinski definition) is 5. The highest BCUT2D eigenvalue weighted by Crippen LogP contribution is 2.21. The standard InChI is InChI=1S/C22H23N5O/c1-3-8-20(28)23-15-17-9-7-12-19(13-17)25-21-16(2)14-24-22(27-21)26-18-10-5-4-6-11-18/h3-14H,15H2,1-2H3,(H,23,28)(H2,24,25,26,27)/b8-3+. The molecule has 0 atom stereocenters. The fourth-order valence-corrected chi connectivity index (χ4v) is 2.57. The molecule has 1 aromatic heterocycles. The smallest absolute Gasteiger partial charge is 0.243 e. The van der Waals surface area contributed by atoms with Crippen molar-refractivity contribution in [2.45, 2.75) is 20.4 Å². The Morgan fingerprint density at radius 2 is 1.82 bits per heavy atom. The topological polar surface area (TPSA) is 78.9 Å². The second kappa shape index (κ2) is 9.32. The Bertz CT molecular complexity index is 970. The summed E-state index contributed by atoms with van der Waals surface area (Å²) in [5, 5.41) is 9.38. The summed E-state index contributed by atoms with van der Waals surface area (Å²) >= 11 is 0. The van der Waals surface area contributed by atoms with Gasteiger partial charge in [0.25, 0.3) is 0 Å². The minimum atomic E-state index is -0.107. The number of rotatable bonds is 7. The van der Waals surface area contributed by atoms with Gasteiger partial charge in [-0.1, -0.05) is 36.4 Å². The summed E-state index contributed by atoms with van der Waals surface area (Å²) in [6, 6.07) is 17.7. The lowest BCUT2D eigenvalue weighted by molar-refractivity contribution is -0.116. The molecule has 1 heterocycles. The number of nitrogens with zero attached hydrogens (tertiary/aromatic N) is 2. The number of aromatic nitrogens is 2. The van der Waals surface area contributed by atoms with Crippen molar-refractivity contribution in [3.8, 4) is 0 Å². The molecular weight excluding hydrogens is 350 g/mol. The van der Waals surface area contributed by atoms with Crippen LogP contribution < -0.4 is 16.0 Å². The Kier molecular flexibility index (Phi) is 6.36. The molecule has 3 rings (SSSR count). The highest BCUT2D eigenvalue weighted by Gasteiger charge is 2.06. The van der Waals surface area contributed by atoms with Gasteiger partial charge in [0.15, 0.2) is 0 Å². The van der Waals surface area contributed by atoms with Gasteiger partial charge in [0.1, 0.15) is 5.82 Å². The van der Waals surface area contributed by atoms with E-state index in [2.05, 4.69) is 25.9 Å². The van der Waals surface area contributed by atoms with E-state index >= 15 is 0 Å². The van der Waals surface area contributed by atoms with Gasteiger partial charge in [-0.3, -0.25) is 4.79 Å². The molecule has 0 unspecified atom stereocenters. The van der Waals surface area contributed by atoms with Crippen molar-refractivity contribution >= 4 is 29.0 Å². The summed E-state index contributed by atoms with van der Waals surface area (Å²) in [4.78, 5) is 20.5. The molecule has 3 aromatic rings. The molecular formula is C22H23N5O. The van der Waals surface area contributed by atoms with Gasteiger partial charge in [0.2, 0.25) is 11.9 Å². The summed E-state index contributed by atoms with van der Waals surface area (Å²) in [6.07, 6.45) is 5.00. The molecule has 0 saturated heterocycles. The van der Waals surface area contributed by atoms with Crippen molar-refractivity contribution < 1.29 is 4.79 Å². The number of para-hydroxylation sites is 1. The molecule has 3 N–H and O–H groups in total. The van der Waals surface area contributed by atoms with E-state index in [9.17, 15) is 4.79 Å². The van der Waals surface area contributed by atoms with Gasteiger partial charge in [0.05, 0.1) is 0 Å². The van der Waals surface area contributed by atoms with Crippen LogP contribution in [-0.2, 0) is 11.3 Å². The van der Waals surface area contributed by atoms with Crippen LogP contribution in [0.5, 0.6) is 0 Å². The predicted octanol–water partition coefficient (Wildman–Crippen LogP) is 4.46. The average Bonchev–Trinajstić information content (AvgIpc) is 2.70. The molecule has 142 valence electrons. The van der Waals surface area contributed by atoms with Crippen LogP contribution in [0.1, 0.15) is 18.1 Å². The van der Waals surface area contributed by atoms with E-state index < -0.39 is 0 Å². The van der Waals surface area contributed by atoms with E-state index in [0.29, 0.717) is 12.5 Å². The van der Waals surface area contributed by atoms with E-state index in [-0.39, 0.29) is 5.91 Å². The van der Waals surface area contributed by atoms with Gasteiger partial charge < -0.3 is 16.0 Å². The molecule has 28 heavy (non-hydrogen) atoms. The van der Waals surface area contributed by atoms with Crippen LogP contribution in [0.3, 0.4) is 0 Å². The third kappa shape index (κ3) is 5.41. The Morgan fingerprint density at radius 1 is 1.04 bits per heavy atom. The molecule has 0 radical (unpaired) electrons. The van der Waals surface area contributed by atoms with E-state index in [4.69, 9.17) is 0 Å². The van der Waals surface area contributed by atoms with E-state index in [1.165, 1.54) is 6.08 Å². The van der Waals surface area contributed by atoms with Crippen LogP contribution in [0.4, 0.5) is 23.1 Å². The number of amides is 1. The summed E-state index contributed by atoms with van der Waals surface area (Å²) in [7, 11) is 0. The van der Waals surface area contributed by atoms with Gasteiger partial charge >= 0.3 is 0 Å².